The highest BCUT2D eigenvalue weighted by atomic mass is 19.1. The fourth-order valence-electron chi connectivity index (χ4n) is 3.24. The lowest BCUT2D eigenvalue weighted by Gasteiger charge is -2.11. The molecule has 0 aliphatic rings. The molecule has 0 saturated carbocycles. The molecule has 35 heavy (non-hydrogen) atoms. The van der Waals surface area contributed by atoms with Crippen molar-refractivity contribution in [3.8, 4) is 22.9 Å². The van der Waals surface area contributed by atoms with Crippen LogP contribution in [0.2, 0.25) is 0 Å². The highest BCUT2D eigenvalue weighted by Crippen LogP contribution is 2.29. The van der Waals surface area contributed by atoms with Gasteiger partial charge in [-0.1, -0.05) is 6.07 Å². The number of halogens is 2. The molecule has 0 spiro atoms. The molecule has 2 aromatic heterocycles. The van der Waals surface area contributed by atoms with E-state index in [0.717, 1.165) is 6.07 Å². The summed E-state index contributed by atoms with van der Waals surface area (Å²) in [6.07, 6.45) is 2.93. The molecule has 0 radical (unpaired) electrons. The van der Waals surface area contributed by atoms with Crippen LogP contribution in [-0.4, -0.2) is 29.0 Å². The predicted octanol–water partition coefficient (Wildman–Crippen LogP) is 4.64. The van der Waals surface area contributed by atoms with Crippen LogP contribution in [0.5, 0.6) is 11.5 Å². The number of amides is 1. The zero-order valence-electron chi connectivity index (χ0n) is 18.5. The van der Waals surface area contributed by atoms with Gasteiger partial charge in [-0.05, 0) is 48.0 Å². The van der Waals surface area contributed by atoms with E-state index in [1.807, 2.05) is 0 Å². The van der Waals surface area contributed by atoms with Gasteiger partial charge in [0.25, 0.3) is 5.91 Å². The number of nitrogens with two attached hydrogens (primary N) is 1. The Bertz CT molecular complexity index is 1400. The van der Waals surface area contributed by atoms with Gasteiger partial charge < -0.3 is 25.5 Å². The van der Waals surface area contributed by atoms with Crippen LogP contribution in [0.15, 0.2) is 67.0 Å². The van der Waals surface area contributed by atoms with Crippen LogP contribution in [0.25, 0.3) is 11.4 Å². The predicted molar refractivity (Wildman–Crippen MR) is 124 cm³/mol. The highest BCUT2D eigenvalue weighted by molar-refractivity contribution is 6.04. The Morgan fingerprint density at radius 2 is 1.83 bits per heavy atom. The van der Waals surface area contributed by atoms with E-state index in [9.17, 15) is 18.4 Å². The first-order chi connectivity index (χ1) is 16.9. The van der Waals surface area contributed by atoms with Crippen molar-refractivity contribution >= 4 is 17.6 Å². The zero-order valence-corrected chi connectivity index (χ0v) is 18.5. The minimum atomic E-state index is -0.705. The van der Waals surface area contributed by atoms with Crippen LogP contribution in [0.4, 0.5) is 14.5 Å². The molecule has 4 aromatic rings. The molecule has 0 atom stereocenters. The van der Waals surface area contributed by atoms with Gasteiger partial charge in [0.05, 0.1) is 29.7 Å². The molecule has 0 bridgehead atoms. The van der Waals surface area contributed by atoms with Crippen molar-refractivity contribution in [3.05, 3.63) is 95.3 Å². The second kappa shape index (κ2) is 10.1. The molecule has 1 amide bonds. The average molecular weight is 478 g/mol. The zero-order chi connectivity index (χ0) is 24.9. The van der Waals surface area contributed by atoms with Crippen molar-refractivity contribution in [2.45, 2.75) is 6.54 Å². The largest absolute Gasteiger partial charge is 0.465 e. The van der Waals surface area contributed by atoms with Crippen molar-refractivity contribution in [1.82, 2.24) is 9.97 Å². The van der Waals surface area contributed by atoms with E-state index in [2.05, 4.69) is 20.0 Å². The smallest absolute Gasteiger partial charge is 0.339 e. The summed E-state index contributed by atoms with van der Waals surface area (Å²) in [5.74, 6) is -2.47. The maximum absolute atomic E-state index is 14.5. The van der Waals surface area contributed by atoms with Crippen LogP contribution >= 0.6 is 0 Å². The summed E-state index contributed by atoms with van der Waals surface area (Å²) in [5, 5.41) is 2.46. The van der Waals surface area contributed by atoms with Crippen LogP contribution in [0.1, 0.15) is 26.3 Å². The Labute approximate surface area is 198 Å². The van der Waals surface area contributed by atoms with Gasteiger partial charge in [0.1, 0.15) is 11.6 Å². The molecular weight excluding hydrogens is 458 g/mol. The van der Waals surface area contributed by atoms with Gasteiger partial charge in [-0.15, -0.1) is 0 Å². The Morgan fingerprint density at radius 1 is 1.03 bits per heavy atom. The number of aromatic nitrogens is 2. The number of hydrogen-bond acceptors (Lipinski definition) is 6. The average Bonchev–Trinajstić information content (AvgIpc) is 3.37. The summed E-state index contributed by atoms with van der Waals surface area (Å²) < 4.78 is 38.9. The SMILES string of the molecule is COC(=O)c1c[nH]c(-c2cc(Oc3cc(C(=O)Nc4cc(CN)ccc4F)ccc3F)ccn2)c1. The van der Waals surface area contributed by atoms with Crippen molar-refractivity contribution in [2.75, 3.05) is 12.4 Å². The van der Waals surface area contributed by atoms with Gasteiger partial charge in [-0.3, -0.25) is 9.78 Å². The van der Waals surface area contributed by atoms with Crippen LogP contribution in [0, 0.1) is 11.6 Å². The third kappa shape index (κ3) is 5.33. The van der Waals surface area contributed by atoms with Crippen molar-refractivity contribution in [1.29, 1.82) is 0 Å². The van der Waals surface area contributed by atoms with E-state index >= 15 is 0 Å². The van der Waals surface area contributed by atoms with Crippen molar-refractivity contribution < 1.29 is 27.8 Å². The Kier molecular flexibility index (Phi) is 6.83. The number of nitrogens with one attached hydrogen (secondary N) is 2. The molecule has 0 unspecified atom stereocenters. The quantitative estimate of drug-likeness (QED) is 0.333. The molecule has 2 aromatic carbocycles. The number of aromatic amines is 1. The number of hydrogen-bond donors (Lipinski definition) is 3. The number of ether oxygens (including phenoxy) is 2. The van der Waals surface area contributed by atoms with E-state index < -0.39 is 23.5 Å². The standard InChI is InChI=1S/C25H20F2N4O4/c1-34-25(33)16-9-21(30-13-16)22-11-17(6-7-29-22)35-23-10-15(3-5-19(23)27)24(32)31-20-8-14(12-28)2-4-18(20)26/h2-11,13,30H,12,28H2,1H3,(H,31,32). The van der Waals surface area contributed by atoms with Gasteiger partial charge in [-0.25, -0.2) is 13.6 Å². The Balaban J connectivity index is 1.55. The number of benzene rings is 2. The fraction of sp³-hybridized carbons (Fsp3) is 0.0800. The maximum Gasteiger partial charge on any atom is 0.339 e. The molecule has 0 aliphatic carbocycles. The first-order valence-electron chi connectivity index (χ1n) is 10.4. The molecular formula is C25H20F2N4O4. The van der Waals surface area contributed by atoms with E-state index in [-0.39, 0.29) is 29.3 Å². The van der Waals surface area contributed by atoms with E-state index in [1.165, 1.54) is 62.0 Å². The highest BCUT2D eigenvalue weighted by Gasteiger charge is 2.15. The molecule has 4 rings (SSSR count). The number of pyridine rings is 1. The number of carbonyl (C=O) groups excluding carboxylic acids is 2. The number of methoxy groups -OCH3 is 1. The summed E-state index contributed by atoms with van der Waals surface area (Å²) in [6, 6.07) is 12.3. The van der Waals surface area contributed by atoms with Crippen LogP contribution < -0.4 is 15.8 Å². The van der Waals surface area contributed by atoms with Crippen LogP contribution in [-0.2, 0) is 11.3 Å². The Hall–Kier alpha value is -4.57. The first kappa shape index (κ1) is 23.6. The Morgan fingerprint density at radius 3 is 2.60 bits per heavy atom. The van der Waals surface area contributed by atoms with Crippen molar-refractivity contribution in [3.63, 3.8) is 0 Å². The normalized spacial score (nSPS) is 10.6. The molecule has 0 aliphatic heterocycles. The molecule has 0 saturated heterocycles. The lowest BCUT2D eigenvalue weighted by atomic mass is 10.1. The summed E-state index contributed by atoms with van der Waals surface area (Å²) in [6.45, 7) is 0.179. The number of nitrogens with zero attached hydrogens (tertiary/aromatic N) is 1. The second-order valence-electron chi connectivity index (χ2n) is 7.39. The molecule has 4 N–H and O–H groups in total. The lowest BCUT2D eigenvalue weighted by Crippen LogP contribution is -2.14. The summed E-state index contributed by atoms with van der Waals surface area (Å²) in [5.41, 5.74) is 7.49. The maximum atomic E-state index is 14.5. The monoisotopic (exact) mass is 478 g/mol. The summed E-state index contributed by atoms with van der Waals surface area (Å²) in [4.78, 5) is 31.5. The summed E-state index contributed by atoms with van der Waals surface area (Å²) in [7, 11) is 1.28. The van der Waals surface area contributed by atoms with E-state index in [4.69, 9.17) is 10.5 Å². The topological polar surface area (TPSA) is 119 Å². The third-order valence-electron chi connectivity index (χ3n) is 5.05. The van der Waals surface area contributed by atoms with Crippen LogP contribution in [0.3, 0.4) is 0 Å². The number of H-pyrrole nitrogens is 1. The van der Waals surface area contributed by atoms with E-state index in [1.54, 1.807) is 6.07 Å². The molecule has 0 fully saturated rings. The van der Waals surface area contributed by atoms with Gasteiger partial charge in [0, 0.05) is 30.6 Å². The minimum Gasteiger partial charge on any atom is -0.465 e. The number of esters is 1. The molecule has 8 nitrogen and oxygen atoms in total. The lowest BCUT2D eigenvalue weighted by molar-refractivity contribution is 0.0601. The van der Waals surface area contributed by atoms with Gasteiger partial charge in [0.15, 0.2) is 11.6 Å². The van der Waals surface area contributed by atoms with Gasteiger partial charge >= 0.3 is 5.97 Å². The van der Waals surface area contributed by atoms with Gasteiger partial charge in [0.2, 0.25) is 0 Å². The number of anilines is 1. The molecule has 178 valence electrons. The second-order valence-corrected chi connectivity index (χ2v) is 7.39. The molecule has 10 heteroatoms. The fourth-order valence-corrected chi connectivity index (χ4v) is 3.24. The molecule has 2 heterocycles. The third-order valence-corrected chi connectivity index (χ3v) is 5.05. The number of carbonyl (C=O) groups is 2. The summed E-state index contributed by atoms with van der Waals surface area (Å²) >= 11 is 0. The van der Waals surface area contributed by atoms with Crippen molar-refractivity contribution in [2.24, 2.45) is 5.73 Å². The van der Waals surface area contributed by atoms with Gasteiger partial charge in [-0.2, -0.15) is 0 Å². The first-order valence-corrected chi connectivity index (χ1v) is 10.4. The van der Waals surface area contributed by atoms with E-state index in [0.29, 0.717) is 22.5 Å². The minimum absolute atomic E-state index is 0.0409. The number of rotatable bonds is 7.